The van der Waals surface area contributed by atoms with E-state index in [0.29, 0.717) is 27.9 Å². The van der Waals surface area contributed by atoms with Crippen molar-refractivity contribution in [2.75, 3.05) is 14.2 Å². The first kappa shape index (κ1) is 18.3. The van der Waals surface area contributed by atoms with Gasteiger partial charge >= 0.3 is 0 Å². The van der Waals surface area contributed by atoms with Gasteiger partial charge in [-0.25, -0.2) is 0 Å². The van der Waals surface area contributed by atoms with E-state index in [1.54, 1.807) is 36.4 Å². The number of benzene rings is 2. The summed E-state index contributed by atoms with van der Waals surface area (Å²) in [5.41, 5.74) is 0.849. The van der Waals surface area contributed by atoms with Gasteiger partial charge in [0.15, 0.2) is 0 Å². The molecule has 2 unspecified atom stereocenters. The molecule has 24 heavy (non-hydrogen) atoms. The summed E-state index contributed by atoms with van der Waals surface area (Å²) in [5, 5.41) is 0.620. The molecule has 0 saturated carbocycles. The minimum absolute atomic E-state index is 0.0449. The summed E-state index contributed by atoms with van der Waals surface area (Å²) >= 11 is 0. The molecule has 0 bridgehead atoms. The zero-order valence-corrected chi connectivity index (χ0v) is 15.5. The lowest BCUT2D eigenvalue weighted by atomic mass is 10.0. The van der Waals surface area contributed by atoms with E-state index in [-0.39, 0.29) is 11.4 Å². The van der Waals surface area contributed by atoms with Gasteiger partial charge in [0.25, 0.3) is 0 Å². The summed E-state index contributed by atoms with van der Waals surface area (Å²) in [5.74, 6) is 0.649. The molecular formula is C19H23O4P. The van der Waals surface area contributed by atoms with Crippen LogP contribution >= 0.6 is 7.80 Å². The fraction of sp³-hybridized carbons (Fsp3) is 0.316. The van der Waals surface area contributed by atoms with Gasteiger partial charge in [-0.1, -0.05) is 44.2 Å². The zero-order valence-electron chi connectivity index (χ0n) is 14.5. The monoisotopic (exact) mass is 346 g/mol. The van der Waals surface area contributed by atoms with Crippen LogP contribution in [0.15, 0.2) is 42.5 Å². The Balaban J connectivity index is 2.59. The van der Waals surface area contributed by atoms with E-state index in [2.05, 4.69) is 0 Å². The van der Waals surface area contributed by atoms with Crippen LogP contribution in [0.2, 0.25) is 0 Å². The van der Waals surface area contributed by atoms with Crippen molar-refractivity contribution in [3.05, 3.63) is 53.6 Å². The molecule has 4 nitrogen and oxygen atoms in total. The summed E-state index contributed by atoms with van der Waals surface area (Å²) in [6.07, 6.45) is 0.804. The molecule has 0 amide bonds. The Kier molecular flexibility index (Phi) is 6.22. The van der Waals surface area contributed by atoms with E-state index >= 15 is 0 Å². The second-order valence-electron chi connectivity index (χ2n) is 5.59. The third-order valence-corrected chi connectivity index (χ3v) is 6.42. The SMILES string of the molecule is CCC(C)[PH](=O)c1ccccc1C(=O)c1c(OC)cccc1OC. The lowest BCUT2D eigenvalue weighted by Gasteiger charge is -2.16. The highest BCUT2D eigenvalue weighted by Gasteiger charge is 2.24. The maximum atomic E-state index is 13.2. The van der Waals surface area contributed by atoms with Crippen LogP contribution in [0.3, 0.4) is 0 Å². The number of carbonyl (C=O) groups excluding carboxylic acids is 1. The Morgan fingerprint density at radius 1 is 1.04 bits per heavy atom. The topological polar surface area (TPSA) is 52.6 Å². The van der Waals surface area contributed by atoms with Crippen LogP contribution in [-0.2, 0) is 4.57 Å². The fourth-order valence-electron chi connectivity index (χ4n) is 2.56. The third-order valence-electron chi connectivity index (χ3n) is 4.15. The van der Waals surface area contributed by atoms with Gasteiger partial charge in [-0.2, -0.15) is 0 Å². The molecule has 0 aromatic heterocycles. The van der Waals surface area contributed by atoms with E-state index in [1.165, 1.54) is 14.2 Å². The lowest BCUT2D eigenvalue weighted by Crippen LogP contribution is -2.17. The molecule has 0 fully saturated rings. The van der Waals surface area contributed by atoms with E-state index in [0.717, 1.165) is 6.42 Å². The molecule has 2 atom stereocenters. The molecule has 0 N–H and O–H groups in total. The van der Waals surface area contributed by atoms with Crippen LogP contribution in [0.5, 0.6) is 11.5 Å². The minimum Gasteiger partial charge on any atom is -0.496 e. The summed E-state index contributed by atoms with van der Waals surface area (Å²) < 4.78 is 23.5. The molecule has 0 aliphatic carbocycles. The molecule has 0 spiro atoms. The first-order valence-electron chi connectivity index (χ1n) is 7.94. The average molecular weight is 346 g/mol. The smallest absolute Gasteiger partial charge is 0.201 e. The Bertz CT molecular complexity index is 733. The predicted molar refractivity (Wildman–Crippen MR) is 97.8 cm³/mol. The van der Waals surface area contributed by atoms with Gasteiger partial charge in [-0.05, 0) is 18.6 Å². The van der Waals surface area contributed by atoms with Gasteiger partial charge in [-0.15, -0.1) is 0 Å². The van der Waals surface area contributed by atoms with E-state index in [4.69, 9.17) is 9.47 Å². The van der Waals surface area contributed by atoms with Gasteiger partial charge in [0.2, 0.25) is 5.78 Å². The van der Waals surface area contributed by atoms with Crippen molar-refractivity contribution in [2.45, 2.75) is 25.9 Å². The summed E-state index contributed by atoms with van der Waals surface area (Å²) in [6, 6.07) is 12.3. The maximum Gasteiger partial charge on any atom is 0.201 e. The van der Waals surface area contributed by atoms with Crippen LogP contribution in [0.4, 0.5) is 0 Å². The molecule has 2 rings (SSSR count). The summed E-state index contributed by atoms with van der Waals surface area (Å²) in [7, 11) is 0.959. The number of ketones is 1. The maximum absolute atomic E-state index is 13.2. The number of hydrogen-bond acceptors (Lipinski definition) is 4. The van der Waals surface area contributed by atoms with Crippen molar-refractivity contribution in [1.82, 2.24) is 0 Å². The summed E-state index contributed by atoms with van der Waals surface area (Å²) in [6.45, 7) is 3.95. The molecule has 0 radical (unpaired) electrons. The Hall–Kier alpha value is -2.06. The van der Waals surface area contributed by atoms with Gasteiger partial charge in [0.05, 0.1) is 14.2 Å². The number of carbonyl (C=O) groups is 1. The normalized spacial score (nSPS) is 13.2. The molecule has 2 aromatic rings. The third kappa shape index (κ3) is 3.54. The van der Waals surface area contributed by atoms with Crippen LogP contribution in [0.25, 0.3) is 0 Å². The number of rotatable bonds is 7. The molecule has 0 aliphatic rings. The molecule has 5 heteroatoms. The Labute approximate surface area is 143 Å². The molecule has 0 heterocycles. The Morgan fingerprint density at radius 2 is 1.62 bits per heavy atom. The average Bonchev–Trinajstić information content (AvgIpc) is 2.65. The second-order valence-corrected chi connectivity index (χ2v) is 7.84. The van der Waals surface area contributed by atoms with Crippen molar-refractivity contribution in [2.24, 2.45) is 0 Å². The summed E-state index contributed by atoms with van der Waals surface area (Å²) in [4.78, 5) is 13.2. The quantitative estimate of drug-likeness (QED) is 0.563. The first-order valence-corrected chi connectivity index (χ1v) is 9.42. The first-order chi connectivity index (χ1) is 11.5. The van der Waals surface area contributed by atoms with Crippen LogP contribution in [-0.4, -0.2) is 25.7 Å². The largest absolute Gasteiger partial charge is 0.496 e. The van der Waals surface area contributed by atoms with Crippen molar-refractivity contribution >= 4 is 18.9 Å². The van der Waals surface area contributed by atoms with E-state index in [9.17, 15) is 9.36 Å². The molecule has 2 aromatic carbocycles. The molecule has 0 saturated heterocycles. The van der Waals surface area contributed by atoms with Crippen molar-refractivity contribution in [3.63, 3.8) is 0 Å². The van der Waals surface area contributed by atoms with E-state index < -0.39 is 7.80 Å². The molecular weight excluding hydrogens is 323 g/mol. The number of hydrogen-bond donors (Lipinski definition) is 0. The van der Waals surface area contributed by atoms with Gasteiger partial charge in [-0.3, -0.25) is 4.79 Å². The highest BCUT2D eigenvalue weighted by Crippen LogP contribution is 2.34. The fourth-order valence-corrected chi connectivity index (χ4v) is 4.18. The highest BCUT2D eigenvalue weighted by atomic mass is 31.1. The minimum atomic E-state index is -2.07. The standard InChI is InChI=1S/C19H23O4P/c1-5-13(2)24(21)17-12-7-6-9-14(17)19(20)18-15(22-3)10-8-11-16(18)23-4/h6-13,24H,5H2,1-4H3. The lowest BCUT2D eigenvalue weighted by molar-refractivity contribution is 0.103. The number of ether oxygens (including phenoxy) is 2. The molecule has 128 valence electrons. The number of methoxy groups -OCH3 is 2. The zero-order chi connectivity index (χ0) is 17.7. The van der Waals surface area contributed by atoms with Crippen molar-refractivity contribution in [3.8, 4) is 11.5 Å². The van der Waals surface area contributed by atoms with Gasteiger partial charge < -0.3 is 14.0 Å². The van der Waals surface area contributed by atoms with Crippen LogP contribution < -0.4 is 14.8 Å². The predicted octanol–water partition coefficient (Wildman–Crippen LogP) is 3.92. The van der Waals surface area contributed by atoms with Gasteiger partial charge in [0.1, 0.15) is 24.9 Å². The van der Waals surface area contributed by atoms with Crippen LogP contribution in [0.1, 0.15) is 36.2 Å². The van der Waals surface area contributed by atoms with Crippen molar-refractivity contribution < 1.29 is 18.8 Å². The Morgan fingerprint density at radius 3 is 2.17 bits per heavy atom. The van der Waals surface area contributed by atoms with E-state index in [1.807, 2.05) is 19.9 Å². The molecule has 0 aliphatic heterocycles. The van der Waals surface area contributed by atoms with Crippen LogP contribution in [0, 0.1) is 0 Å². The van der Waals surface area contributed by atoms with Crippen molar-refractivity contribution in [1.29, 1.82) is 0 Å². The second kappa shape index (κ2) is 8.16. The van der Waals surface area contributed by atoms with Gasteiger partial charge in [0, 0.05) is 16.5 Å². The highest BCUT2D eigenvalue weighted by molar-refractivity contribution is 7.54.